The molecule has 20 heavy (non-hydrogen) atoms. The SMILES string of the molecule is Cc1nn(C)c(C)c1CCC(O)Cc1cccc(Cl)c1. The molecule has 0 amide bonds. The van der Waals surface area contributed by atoms with E-state index in [4.69, 9.17) is 11.6 Å². The van der Waals surface area contributed by atoms with E-state index in [0.29, 0.717) is 11.4 Å². The fraction of sp³-hybridized carbons (Fsp3) is 0.438. The minimum absolute atomic E-state index is 0.354. The monoisotopic (exact) mass is 292 g/mol. The number of nitrogens with zero attached hydrogens (tertiary/aromatic N) is 2. The first-order chi connectivity index (χ1) is 9.47. The van der Waals surface area contributed by atoms with Gasteiger partial charge in [-0.3, -0.25) is 4.68 Å². The zero-order valence-electron chi connectivity index (χ0n) is 12.2. The standard InChI is InChI=1S/C16H21ClN2O/c1-11-16(12(2)19(3)18-11)8-7-15(20)10-13-5-4-6-14(17)9-13/h4-6,9,15,20H,7-8,10H2,1-3H3. The Bertz CT molecular complexity index is 592. The van der Waals surface area contributed by atoms with Crippen molar-refractivity contribution in [2.75, 3.05) is 0 Å². The summed E-state index contributed by atoms with van der Waals surface area (Å²) in [6.07, 6.45) is 1.87. The van der Waals surface area contributed by atoms with Crippen LogP contribution < -0.4 is 0 Å². The van der Waals surface area contributed by atoms with Crippen LogP contribution in [0.25, 0.3) is 0 Å². The Morgan fingerprint density at radius 2 is 2.10 bits per heavy atom. The first-order valence-corrected chi connectivity index (χ1v) is 7.26. The summed E-state index contributed by atoms with van der Waals surface area (Å²) in [5, 5.41) is 15.3. The third kappa shape index (κ3) is 3.62. The first-order valence-electron chi connectivity index (χ1n) is 6.89. The fourth-order valence-electron chi connectivity index (χ4n) is 2.53. The van der Waals surface area contributed by atoms with Gasteiger partial charge in [-0.25, -0.2) is 0 Å². The van der Waals surface area contributed by atoms with E-state index in [-0.39, 0.29) is 6.10 Å². The normalized spacial score (nSPS) is 12.7. The van der Waals surface area contributed by atoms with Crippen LogP contribution in [0.2, 0.25) is 5.02 Å². The van der Waals surface area contributed by atoms with E-state index in [2.05, 4.69) is 12.0 Å². The van der Waals surface area contributed by atoms with Crippen LogP contribution in [0.4, 0.5) is 0 Å². The van der Waals surface area contributed by atoms with Gasteiger partial charge in [-0.05, 0) is 56.4 Å². The van der Waals surface area contributed by atoms with Crippen LogP contribution in [0.1, 0.15) is 28.9 Å². The van der Waals surface area contributed by atoms with Crippen molar-refractivity contribution in [2.24, 2.45) is 7.05 Å². The van der Waals surface area contributed by atoms with Gasteiger partial charge < -0.3 is 5.11 Å². The van der Waals surface area contributed by atoms with Crippen molar-refractivity contribution in [2.45, 2.75) is 39.2 Å². The van der Waals surface area contributed by atoms with E-state index in [1.807, 2.05) is 42.9 Å². The van der Waals surface area contributed by atoms with Gasteiger partial charge in [-0.15, -0.1) is 0 Å². The van der Waals surface area contributed by atoms with Crippen LogP contribution >= 0.6 is 11.6 Å². The Balaban J connectivity index is 1.94. The molecule has 0 saturated heterocycles. The van der Waals surface area contributed by atoms with Gasteiger partial charge in [-0.1, -0.05) is 23.7 Å². The smallest absolute Gasteiger partial charge is 0.0628 e. The van der Waals surface area contributed by atoms with E-state index < -0.39 is 0 Å². The van der Waals surface area contributed by atoms with Gasteiger partial charge in [0, 0.05) is 17.8 Å². The Morgan fingerprint density at radius 1 is 1.35 bits per heavy atom. The number of halogens is 1. The van der Waals surface area contributed by atoms with Crippen molar-refractivity contribution in [3.63, 3.8) is 0 Å². The minimum Gasteiger partial charge on any atom is -0.393 e. The summed E-state index contributed by atoms with van der Waals surface area (Å²) in [6, 6.07) is 7.67. The fourth-order valence-corrected chi connectivity index (χ4v) is 2.74. The molecule has 1 atom stereocenters. The zero-order chi connectivity index (χ0) is 14.7. The van der Waals surface area contributed by atoms with Crippen LogP contribution in [0, 0.1) is 13.8 Å². The van der Waals surface area contributed by atoms with Gasteiger partial charge in [0.05, 0.1) is 11.8 Å². The second-order valence-electron chi connectivity index (χ2n) is 5.30. The molecule has 0 spiro atoms. The highest BCUT2D eigenvalue weighted by atomic mass is 35.5. The molecule has 0 saturated carbocycles. The summed E-state index contributed by atoms with van der Waals surface area (Å²) in [6.45, 7) is 4.09. The minimum atomic E-state index is -0.354. The van der Waals surface area contributed by atoms with Gasteiger partial charge >= 0.3 is 0 Å². The number of hydrogen-bond acceptors (Lipinski definition) is 2. The quantitative estimate of drug-likeness (QED) is 0.919. The lowest BCUT2D eigenvalue weighted by Crippen LogP contribution is -2.12. The molecular weight excluding hydrogens is 272 g/mol. The number of benzene rings is 1. The molecule has 108 valence electrons. The summed E-state index contributed by atoms with van der Waals surface area (Å²) >= 11 is 5.95. The van der Waals surface area contributed by atoms with Crippen molar-refractivity contribution >= 4 is 11.6 Å². The average molecular weight is 293 g/mol. The lowest BCUT2D eigenvalue weighted by atomic mass is 10.0. The van der Waals surface area contributed by atoms with Crippen LogP contribution in [0.3, 0.4) is 0 Å². The van der Waals surface area contributed by atoms with Crippen molar-refractivity contribution < 1.29 is 5.11 Å². The van der Waals surface area contributed by atoms with Crippen molar-refractivity contribution in [1.29, 1.82) is 0 Å². The van der Waals surface area contributed by atoms with Gasteiger partial charge in [0.15, 0.2) is 0 Å². The molecule has 0 bridgehead atoms. The van der Waals surface area contributed by atoms with Crippen molar-refractivity contribution in [3.8, 4) is 0 Å². The van der Waals surface area contributed by atoms with Gasteiger partial charge in [0.25, 0.3) is 0 Å². The number of aryl methyl sites for hydroxylation is 2. The van der Waals surface area contributed by atoms with Crippen LogP contribution in [0.5, 0.6) is 0 Å². The molecule has 3 nitrogen and oxygen atoms in total. The van der Waals surface area contributed by atoms with Gasteiger partial charge in [-0.2, -0.15) is 5.10 Å². The van der Waals surface area contributed by atoms with Crippen LogP contribution in [0.15, 0.2) is 24.3 Å². The molecule has 2 aromatic rings. The first kappa shape index (κ1) is 15.1. The third-order valence-corrected chi connectivity index (χ3v) is 3.98. The lowest BCUT2D eigenvalue weighted by Gasteiger charge is -2.11. The summed E-state index contributed by atoms with van der Waals surface area (Å²) in [5.74, 6) is 0. The highest BCUT2D eigenvalue weighted by molar-refractivity contribution is 6.30. The van der Waals surface area contributed by atoms with Crippen LogP contribution in [-0.4, -0.2) is 21.0 Å². The molecule has 1 N–H and O–H groups in total. The molecular formula is C16H21ClN2O. The van der Waals surface area contributed by atoms with E-state index in [0.717, 1.165) is 24.1 Å². The maximum Gasteiger partial charge on any atom is 0.0628 e. The Kier molecular flexibility index (Phi) is 4.84. The summed E-state index contributed by atoms with van der Waals surface area (Å²) < 4.78 is 1.90. The second kappa shape index (κ2) is 6.42. The number of aliphatic hydroxyl groups excluding tert-OH is 1. The Hall–Kier alpha value is -1.32. The van der Waals surface area contributed by atoms with Gasteiger partial charge in [0.1, 0.15) is 0 Å². The highest BCUT2D eigenvalue weighted by Crippen LogP contribution is 2.17. The topological polar surface area (TPSA) is 38.0 Å². The lowest BCUT2D eigenvalue weighted by molar-refractivity contribution is 0.165. The predicted molar refractivity (Wildman–Crippen MR) is 82.2 cm³/mol. The Labute approximate surface area is 125 Å². The molecule has 0 fully saturated rings. The molecule has 1 aromatic heterocycles. The van der Waals surface area contributed by atoms with E-state index in [1.54, 1.807) is 0 Å². The van der Waals surface area contributed by atoms with E-state index >= 15 is 0 Å². The molecule has 1 heterocycles. The van der Waals surface area contributed by atoms with Crippen LogP contribution in [-0.2, 0) is 19.9 Å². The Morgan fingerprint density at radius 3 is 2.70 bits per heavy atom. The maximum absolute atomic E-state index is 10.2. The zero-order valence-corrected chi connectivity index (χ0v) is 13.0. The van der Waals surface area contributed by atoms with E-state index in [1.165, 1.54) is 11.3 Å². The van der Waals surface area contributed by atoms with Crippen molar-refractivity contribution in [3.05, 3.63) is 51.8 Å². The molecule has 0 aliphatic rings. The number of hydrogen-bond donors (Lipinski definition) is 1. The largest absolute Gasteiger partial charge is 0.393 e. The molecule has 0 aliphatic heterocycles. The summed E-state index contributed by atoms with van der Waals surface area (Å²) in [5.41, 5.74) is 4.56. The average Bonchev–Trinajstić information content (AvgIpc) is 2.61. The number of aromatic nitrogens is 2. The maximum atomic E-state index is 10.2. The third-order valence-electron chi connectivity index (χ3n) is 3.75. The molecule has 0 radical (unpaired) electrons. The van der Waals surface area contributed by atoms with E-state index in [9.17, 15) is 5.11 Å². The summed E-state index contributed by atoms with van der Waals surface area (Å²) in [7, 11) is 1.95. The molecule has 0 aliphatic carbocycles. The second-order valence-corrected chi connectivity index (χ2v) is 5.74. The molecule has 2 rings (SSSR count). The highest BCUT2D eigenvalue weighted by Gasteiger charge is 2.12. The van der Waals surface area contributed by atoms with Crippen molar-refractivity contribution in [1.82, 2.24) is 9.78 Å². The van der Waals surface area contributed by atoms with Gasteiger partial charge in [0.2, 0.25) is 0 Å². The predicted octanol–water partition coefficient (Wildman–Crippen LogP) is 3.23. The number of aliphatic hydroxyl groups is 1. The molecule has 1 unspecified atom stereocenters. The molecule has 1 aromatic carbocycles. The number of rotatable bonds is 5. The molecule has 4 heteroatoms. The summed E-state index contributed by atoms with van der Waals surface area (Å²) in [4.78, 5) is 0.